The summed E-state index contributed by atoms with van der Waals surface area (Å²) in [6.45, 7) is 5.07. The van der Waals surface area contributed by atoms with Gasteiger partial charge in [0.05, 0.1) is 0 Å². The molecule has 0 spiro atoms. The van der Waals surface area contributed by atoms with Gasteiger partial charge in [-0.25, -0.2) is 0 Å². The van der Waals surface area contributed by atoms with E-state index in [-0.39, 0.29) is 9.52 Å². The Labute approximate surface area is 101 Å². The van der Waals surface area contributed by atoms with Crippen LogP contribution in [0.5, 0.6) is 0 Å². The Morgan fingerprint density at radius 2 is 1.69 bits per heavy atom. The molecule has 0 amide bonds. The van der Waals surface area contributed by atoms with E-state index in [1.165, 1.54) is 0 Å². The molecule has 0 aliphatic heterocycles. The fraction of sp³-hybridized carbons (Fsp3) is 1.00. The zero-order valence-corrected chi connectivity index (χ0v) is 11.6. The van der Waals surface area contributed by atoms with E-state index in [9.17, 15) is 0 Å². The predicted octanol–water partition coefficient (Wildman–Crippen LogP) is 3.25. The second-order valence-corrected chi connectivity index (χ2v) is 7.43. The van der Waals surface area contributed by atoms with Crippen LogP contribution in [0.4, 0.5) is 0 Å². The lowest BCUT2D eigenvalue weighted by molar-refractivity contribution is -0.141. The van der Waals surface area contributed by atoms with Gasteiger partial charge < -0.3 is 9.47 Å². The Morgan fingerprint density at radius 3 is 1.92 bits per heavy atom. The fourth-order valence-electron chi connectivity index (χ4n) is 1.15. The van der Waals surface area contributed by atoms with E-state index in [0.29, 0.717) is 13.2 Å². The summed E-state index contributed by atoms with van der Waals surface area (Å²) >= 11 is 13.3. The molecule has 13 heavy (non-hydrogen) atoms. The molecule has 2 nitrogen and oxygen atoms in total. The first-order chi connectivity index (χ1) is 5.98. The quantitative estimate of drug-likeness (QED) is 0.567. The minimum atomic E-state index is -0.473. The molecule has 1 saturated carbocycles. The van der Waals surface area contributed by atoms with Crippen molar-refractivity contribution < 1.29 is 9.47 Å². The number of halogens is 3. The lowest BCUT2D eigenvalue weighted by Crippen LogP contribution is -2.33. The summed E-state index contributed by atoms with van der Waals surface area (Å²) < 4.78 is 10.6. The second kappa shape index (κ2) is 4.35. The highest BCUT2D eigenvalue weighted by Gasteiger charge is 2.69. The zero-order chi connectivity index (χ0) is 10.1. The van der Waals surface area contributed by atoms with Crippen molar-refractivity contribution in [1.82, 2.24) is 0 Å². The van der Waals surface area contributed by atoms with Crippen molar-refractivity contribution >= 4 is 43.5 Å². The van der Waals surface area contributed by atoms with Gasteiger partial charge in [0.15, 0.2) is 6.29 Å². The van der Waals surface area contributed by atoms with Crippen LogP contribution in [0.3, 0.4) is 0 Å². The standard InChI is InChI=1S/C8H13Br2ClO2/c1-3-12-6(13-4-2)7(11)5-8(7,9)10/h6H,3-5H2,1-2H3/t7-/m0/s1. The Kier molecular flexibility index (Phi) is 4.10. The summed E-state index contributed by atoms with van der Waals surface area (Å²) in [6, 6.07) is 0. The SMILES string of the molecule is CCOC(OCC)[C@@]1(Cl)CC1(Br)Br. The van der Waals surface area contributed by atoms with Crippen LogP contribution >= 0.6 is 43.5 Å². The fourth-order valence-corrected chi connectivity index (χ4v) is 3.06. The molecule has 0 unspecified atom stereocenters. The number of rotatable bonds is 5. The van der Waals surface area contributed by atoms with Gasteiger partial charge in [0, 0.05) is 19.6 Å². The van der Waals surface area contributed by atoms with Crippen molar-refractivity contribution in [2.24, 2.45) is 0 Å². The van der Waals surface area contributed by atoms with E-state index in [1.807, 2.05) is 13.8 Å². The molecule has 0 bridgehead atoms. The lowest BCUT2D eigenvalue weighted by atomic mass is 10.4. The van der Waals surface area contributed by atoms with Crippen molar-refractivity contribution in [3.63, 3.8) is 0 Å². The molecule has 1 aliphatic carbocycles. The molecule has 0 N–H and O–H groups in total. The molecule has 1 atom stereocenters. The van der Waals surface area contributed by atoms with Gasteiger partial charge in [-0.1, -0.05) is 31.9 Å². The van der Waals surface area contributed by atoms with Gasteiger partial charge in [-0.3, -0.25) is 0 Å². The van der Waals surface area contributed by atoms with Crippen LogP contribution in [0.15, 0.2) is 0 Å². The first-order valence-corrected chi connectivity index (χ1v) is 6.24. The van der Waals surface area contributed by atoms with Gasteiger partial charge in [0.25, 0.3) is 0 Å². The Bertz CT molecular complexity index is 183. The average Bonchev–Trinajstić information content (AvgIpc) is 2.52. The maximum atomic E-state index is 6.32. The van der Waals surface area contributed by atoms with Crippen LogP contribution in [0.1, 0.15) is 20.3 Å². The highest BCUT2D eigenvalue weighted by molar-refractivity contribution is 9.25. The summed E-state index contributed by atoms with van der Waals surface area (Å²) in [5.74, 6) is 0. The molecule has 0 aromatic rings. The van der Waals surface area contributed by atoms with Gasteiger partial charge in [-0.2, -0.15) is 0 Å². The highest BCUT2D eigenvalue weighted by Crippen LogP contribution is 2.66. The van der Waals surface area contributed by atoms with Crippen LogP contribution in [0.25, 0.3) is 0 Å². The smallest absolute Gasteiger partial charge is 0.178 e. The third-order valence-electron chi connectivity index (χ3n) is 1.97. The molecule has 0 aromatic heterocycles. The monoisotopic (exact) mass is 334 g/mol. The normalized spacial score (nSPS) is 30.9. The molecule has 0 aromatic carbocycles. The van der Waals surface area contributed by atoms with Crippen molar-refractivity contribution in [3.05, 3.63) is 0 Å². The van der Waals surface area contributed by atoms with Gasteiger partial charge in [-0.15, -0.1) is 11.6 Å². The van der Waals surface area contributed by atoms with Crippen LogP contribution in [0.2, 0.25) is 0 Å². The Hall–Kier alpha value is 1.17. The van der Waals surface area contributed by atoms with Crippen LogP contribution < -0.4 is 0 Å². The first kappa shape index (κ1) is 12.2. The minimum Gasteiger partial charge on any atom is -0.351 e. The van der Waals surface area contributed by atoms with E-state index < -0.39 is 4.87 Å². The molecule has 5 heteroatoms. The summed E-state index contributed by atoms with van der Waals surface area (Å²) in [4.78, 5) is -0.473. The van der Waals surface area contributed by atoms with Crippen molar-refractivity contribution in [3.8, 4) is 0 Å². The van der Waals surface area contributed by atoms with E-state index in [1.54, 1.807) is 0 Å². The topological polar surface area (TPSA) is 18.5 Å². The number of ether oxygens (including phenoxy) is 2. The summed E-state index contributed by atoms with van der Waals surface area (Å²) in [6.07, 6.45) is 0.453. The lowest BCUT2D eigenvalue weighted by Gasteiger charge is -2.23. The molecular weight excluding hydrogens is 323 g/mol. The summed E-state index contributed by atoms with van der Waals surface area (Å²) in [7, 11) is 0. The minimum absolute atomic E-state index is 0.233. The van der Waals surface area contributed by atoms with Crippen molar-refractivity contribution in [2.45, 2.75) is 34.7 Å². The van der Waals surface area contributed by atoms with Gasteiger partial charge in [-0.05, 0) is 13.8 Å². The van der Waals surface area contributed by atoms with Gasteiger partial charge in [0.1, 0.15) is 8.11 Å². The molecule has 1 fully saturated rings. The summed E-state index contributed by atoms with van der Waals surface area (Å²) in [5, 5.41) is 0. The van der Waals surface area contributed by atoms with Crippen molar-refractivity contribution in [2.75, 3.05) is 13.2 Å². The van der Waals surface area contributed by atoms with Crippen LogP contribution in [-0.2, 0) is 9.47 Å². The number of hydrogen-bond donors (Lipinski definition) is 0. The summed E-state index contributed by atoms with van der Waals surface area (Å²) in [5.41, 5.74) is 0. The number of hydrogen-bond acceptors (Lipinski definition) is 2. The molecule has 1 aliphatic rings. The first-order valence-electron chi connectivity index (χ1n) is 4.28. The zero-order valence-electron chi connectivity index (χ0n) is 7.65. The maximum Gasteiger partial charge on any atom is 0.178 e. The number of alkyl halides is 3. The van der Waals surface area contributed by atoms with Crippen LogP contribution in [0, 0.1) is 0 Å². The molecule has 0 heterocycles. The average molecular weight is 336 g/mol. The van der Waals surface area contributed by atoms with E-state index in [2.05, 4.69) is 31.9 Å². The third-order valence-corrected chi connectivity index (χ3v) is 5.04. The molecular formula is C8H13Br2ClO2. The van der Waals surface area contributed by atoms with Crippen LogP contribution in [-0.4, -0.2) is 27.6 Å². The highest BCUT2D eigenvalue weighted by atomic mass is 79.9. The predicted molar refractivity (Wildman–Crippen MR) is 60.8 cm³/mol. The van der Waals surface area contributed by atoms with Crippen molar-refractivity contribution in [1.29, 1.82) is 0 Å². The Balaban J connectivity index is 2.56. The third kappa shape index (κ3) is 2.40. The Morgan fingerprint density at radius 1 is 1.31 bits per heavy atom. The second-order valence-electron chi connectivity index (χ2n) is 2.99. The molecule has 0 radical (unpaired) electrons. The van der Waals surface area contributed by atoms with E-state index in [4.69, 9.17) is 21.1 Å². The van der Waals surface area contributed by atoms with E-state index in [0.717, 1.165) is 6.42 Å². The molecule has 0 saturated heterocycles. The maximum absolute atomic E-state index is 6.32. The molecule has 78 valence electrons. The van der Waals surface area contributed by atoms with Gasteiger partial charge in [0.2, 0.25) is 0 Å². The van der Waals surface area contributed by atoms with Gasteiger partial charge >= 0.3 is 0 Å². The van der Waals surface area contributed by atoms with E-state index >= 15 is 0 Å². The molecule has 1 rings (SSSR count). The largest absolute Gasteiger partial charge is 0.351 e.